The van der Waals surface area contributed by atoms with Crippen LogP contribution in [0.1, 0.15) is 32.1 Å². The summed E-state index contributed by atoms with van der Waals surface area (Å²) in [5.74, 6) is -1.09. The van der Waals surface area contributed by atoms with Crippen LogP contribution < -0.4 is 4.72 Å². The normalized spacial score (nSPS) is 17.6. The monoisotopic (exact) mass is 355 g/mol. The fraction of sp³-hybridized carbons (Fsp3) is 0.500. The maximum atomic E-state index is 13.7. The molecule has 0 atom stereocenters. The van der Waals surface area contributed by atoms with Crippen molar-refractivity contribution in [1.82, 2.24) is 0 Å². The van der Waals surface area contributed by atoms with Crippen LogP contribution in [-0.4, -0.2) is 22.1 Å². The second-order valence-corrected chi connectivity index (χ2v) is 9.49. The van der Waals surface area contributed by atoms with Crippen LogP contribution in [0.25, 0.3) is 0 Å². The molecule has 1 N–H and O–H groups in total. The lowest BCUT2D eigenvalue weighted by molar-refractivity contribution is 0.486. The van der Waals surface area contributed by atoms with Crippen molar-refractivity contribution >= 4 is 35.4 Å². The summed E-state index contributed by atoms with van der Waals surface area (Å²) in [5.41, 5.74) is -0.0119. The maximum absolute atomic E-state index is 13.7. The lowest BCUT2D eigenvalue weighted by atomic mass is 10.0. The van der Waals surface area contributed by atoms with Gasteiger partial charge in [0.05, 0.1) is 10.9 Å². The molecule has 0 heterocycles. The molecule has 0 bridgehead atoms. The van der Waals surface area contributed by atoms with Crippen LogP contribution in [0.4, 0.5) is 10.1 Å². The van der Waals surface area contributed by atoms with E-state index in [1.54, 1.807) is 0 Å². The van der Waals surface area contributed by atoms with Crippen molar-refractivity contribution in [3.05, 3.63) is 24.0 Å². The quantitative estimate of drug-likeness (QED) is 0.842. The fourth-order valence-corrected chi connectivity index (χ4v) is 4.86. The smallest absolute Gasteiger partial charge is 0.264 e. The van der Waals surface area contributed by atoms with Crippen molar-refractivity contribution in [2.75, 3.05) is 4.72 Å². The standard InChI is InChI=1S/C12H15ClFNO4S2/c13-20(16,17)12-7-6-9(8-11(12)14)15-21(18,19)10-4-2-1-3-5-10/h6-8,10,15H,1-5H2. The zero-order valence-corrected chi connectivity index (χ0v) is 13.4. The van der Waals surface area contributed by atoms with Gasteiger partial charge in [-0.2, -0.15) is 0 Å². The lowest BCUT2D eigenvalue weighted by Crippen LogP contribution is -2.29. The van der Waals surface area contributed by atoms with E-state index < -0.39 is 35.0 Å². The summed E-state index contributed by atoms with van der Waals surface area (Å²) in [6, 6.07) is 2.94. The van der Waals surface area contributed by atoms with Gasteiger partial charge in [0.15, 0.2) is 0 Å². The molecule has 0 unspecified atom stereocenters. The number of hydrogen-bond donors (Lipinski definition) is 1. The molecule has 1 fully saturated rings. The Bertz CT molecular complexity index is 728. The molecule has 1 saturated carbocycles. The van der Waals surface area contributed by atoms with Crippen molar-refractivity contribution < 1.29 is 21.2 Å². The minimum atomic E-state index is -4.19. The SMILES string of the molecule is O=S(=O)(Cl)c1ccc(NS(=O)(=O)C2CCCCC2)cc1F. The van der Waals surface area contributed by atoms with E-state index in [4.69, 9.17) is 10.7 Å². The van der Waals surface area contributed by atoms with Gasteiger partial charge in [-0.1, -0.05) is 19.3 Å². The highest BCUT2D eigenvalue weighted by Crippen LogP contribution is 2.27. The molecule has 2 rings (SSSR count). The molecular weight excluding hydrogens is 341 g/mol. The highest BCUT2D eigenvalue weighted by atomic mass is 35.7. The Morgan fingerprint density at radius 2 is 1.71 bits per heavy atom. The second-order valence-electron chi connectivity index (χ2n) is 4.99. The molecule has 118 valence electrons. The topological polar surface area (TPSA) is 80.3 Å². The number of halogens is 2. The van der Waals surface area contributed by atoms with E-state index in [9.17, 15) is 21.2 Å². The lowest BCUT2D eigenvalue weighted by Gasteiger charge is -2.22. The summed E-state index contributed by atoms with van der Waals surface area (Å²) in [7, 11) is -2.73. The van der Waals surface area contributed by atoms with Gasteiger partial charge in [-0.15, -0.1) is 0 Å². The summed E-state index contributed by atoms with van der Waals surface area (Å²) in [6.07, 6.45) is 3.87. The van der Waals surface area contributed by atoms with E-state index in [0.717, 1.165) is 31.4 Å². The van der Waals surface area contributed by atoms with Gasteiger partial charge < -0.3 is 0 Å². The molecule has 21 heavy (non-hydrogen) atoms. The molecular formula is C12H15ClFNO4S2. The van der Waals surface area contributed by atoms with Crippen molar-refractivity contribution in [1.29, 1.82) is 0 Å². The molecule has 1 aromatic carbocycles. The number of rotatable bonds is 4. The molecule has 0 radical (unpaired) electrons. The summed E-state index contributed by atoms with van der Waals surface area (Å²) >= 11 is 0. The van der Waals surface area contributed by atoms with E-state index >= 15 is 0 Å². The van der Waals surface area contributed by atoms with Gasteiger partial charge in [-0.3, -0.25) is 4.72 Å². The summed E-state index contributed by atoms with van der Waals surface area (Å²) in [5, 5.41) is -0.495. The van der Waals surface area contributed by atoms with Crippen LogP contribution in [0.2, 0.25) is 0 Å². The van der Waals surface area contributed by atoms with Crippen LogP contribution in [0.3, 0.4) is 0 Å². The summed E-state index contributed by atoms with van der Waals surface area (Å²) in [4.78, 5) is -0.676. The molecule has 0 aromatic heterocycles. The molecule has 0 amide bonds. The summed E-state index contributed by atoms with van der Waals surface area (Å²) < 4.78 is 62.5. The van der Waals surface area contributed by atoms with Gasteiger partial charge in [0.2, 0.25) is 10.0 Å². The minimum Gasteiger partial charge on any atom is -0.283 e. The maximum Gasteiger partial charge on any atom is 0.264 e. The molecule has 9 heteroatoms. The van der Waals surface area contributed by atoms with Gasteiger partial charge in [0, 0.05) is 10.7 Å². The number of sulfonamides is 1. The average molecular weight is 356 g/mol. The number of anilines is 1. The zero-order chi connectivity index (χ0) is 15.7. The number of benzene rings is 1. The first-order valence-electron chi connectivity index (χ1n) is 6.46. The first-order valence-corrected chi connectivity index (χ1v) is 10.3. The summed E-state index contributed by atoms with van der Waals surface area (Å²) in [6.45, 7) is 0. The van der Waals surface area contributed by atoms with Crippen molar-refractivity contribution in [2.45, 2.75) is 42.2 Å². The Labute approximate surface area is 128 Å². The van der Waals surface area contributed by atoms with Crippen molar-refractivity contribution in [3.63, 3.8) is 0 Å². The predicted octanol–water partition coefficient (Wildman–Crippen LogP) is 2.83. The molecule has 0 spiro atoms. The Morgan fingerprint density at radius 3 is 2.24 bits per heavy atom. The third kappa shape index (κ3) is 4.08. The zero-order valence-electron chi connectivity index (χ0n) is 11.1. The van der Waals surface area contributed by atoms with Crippen molar-refractivity contribution in [3.8, 4) is 0 Å². The van der Waals surface area contributed by atoms with Crippen LogP contribution in [0, 0.1) is 5.82 Å². The van der Waals surface area contributed by atoms with Gasteiger partial charge >= 0.3 is 0 Å². The first-order chi connectivity index (χ1) is 9.70. The molecule has 1 aliphatic carbocycles. The van der Waals surface area contributed by atoms with E-state index in [0.29, 0.717) is 12.8 Å². The Hall–Kier alpha value is -0.860. The molecule has 1 aromatic rings. The van der Waals surface area contributed by atoms with E-state index in [2.05, 4.69) is 4.72 Å². The fourth-order valence-electron chi connectivity index (χ4n) is 2.39. The van der Waals surface area contributed by atoms with Gasteiger partial charge in [-0.25, -0.2) is 21.2 Å². The van der Waals surface area contributed by atoms with Crippen LogP contribution in [0.15, 0.2) is 23.1 Å². The van der Waals surface area contributed by atoms with Crippen LogP contribution >= 0.6 is 10.7 Å². The highest BCUT2D eigenvalue weighted by molar-refractivity contribution is 8.13. The van der Waals surface area contributed by atoms with Gasteiger partial charge in [-0.05, 0) is 31.0 Å². The first kappa shape index (κ1) is 16.5. The number of nitrogens with one attached hydrogen (secondary N) is 1. The molecule has 0 saturated heterocycles. The average Bonchev–Trinajstić information content (AvgIpc) is 2.37. The minimum absolute atomic E-state index is 0.0119. The van der Waals surface area contributed by atoms with Crippen LogP contribution in [0.5, 0.6) is 0 Å². The Balaban J connectivity index is 2.22. The van der Waals surface area contributed by atoms with E-state index in [1.165, 1.54) is 6.07 Å². The predicted molar refractivity (Wildman–Crippen MR) is 78.9 cm³/mol. The van der Waals surface area contributed by atoms with Gasteiger partial charge in [0.1, 0.15) is 10.7 Å². The second kappa shape index (κ2) is 6.10. The third-order valence-electron chi connectivity index (χ3n) is 3.45. The third-order valence-corrected chi connectivity index (χ3v) is 6.67. The van der Waals surface area contributed by atoms with E-state index in [1.807, 2.05) is 0 Å². The van der Waals surface area contributed by atoms with E-state index in [-0.39, 0.29) is 5.69 Å². The van der Waals surface area contributed by atoms with Gasteiger partial charge in [0.25, 0.3) is 9.05 Å². The molecule has 0 aliphatic heterocycles. The Kier molecular flexibility index (Phi) is 4.79. The highest BCUT2D eigenvalue weighted by Gasteiger charge is 2.27. The Morgan fingerprint density at radius 1 is 1.10 bits per heavy atom. The largest absolute Gasteiger partial charge is 0.283 e. The molecule has 1 aliphatic rings. The van der Waals surface area contributed by atoms with Crippen molar-refractivity contribution in [2.24, 2.45) is 0 Å². The molecule has 5 nitrogen and oxygen atoms in total. The van der Waals surface area contributed by atoms with Crippen LogP contribution in [-0.2, 0) is 19.1 Å². The number of hydrogen-bond acceptors (Lipinski definition) is 4.